The number of para-hydroxylation sites is 1. The Morgan fingerprint density at radius 2 is 1.82 bits per heavy atom. The highest BCUT2D eigenvalue weighted by molar-refractivity contribution is 6.31. The molecule has 33 heavy (non-hydrogen) atoms. The van der Waals surface area contributed by atoms with E-state index >= 15 is 0 Å². The molecule has 0 bridgehead atoms. The number of likely N-dealkylation sites (tertiary alicyclic amines) is 1. The molecular weight excluding hydrogens is 442 g/mol. The van der Waals surface area contributed by atoms with Crippen LogP contribution in [0.15, 0.2) is 53.6 Å². The summed E-state index contributed by atoms with van der Waals surface area (Å²) in [5.74, 6) is 0.234. The van der Waals surface area contributed by atoms with Gasteiger partial charge in [0.1, 0.15) is 5.75 Å². The third-order valence-corrected chi connectivity index (χ3v) is 6.98. The van der Waals surface area contributed by atoms with Crippen molar-refractivity contribution in [3.63, 3.8) is 0 Å². The van der Waals surface area contributed by atoms with E-state index in [1.54, 1.807) is 12.1 Å². The molecule has 1 atom stereocenters. The van der Waals surface area contributed by atoms with Crippen molar-refractivity contribution in [1.82, 2.24) is 9.91 Å². The van der Waals surface area contributed by atoms with Crippen LogP contribution in [0.5, 0.6) is 5.75 Å². The Balaban J connectivity index is 1.37. The average molecular weight is 470 g/mol. The van der Waals surface area contributed by atoms with Gasteiger partial charge in [-0.2, -0.15) is 5.10 Å². The van der Waals surface area contributed by atoms with Gasteiger partial charge in [0.25, 0.3) is 5.91 Å². The zero-order chi connectivity index (χ0) is 22.8. The molecule has 8 heteroatoms. The molecule has 5 rings (SSSR count). The maximum absolute atomic E-state index is 13.5. The van der Waals surface area contributed by atoms with E-state index in [4.69, 9.17) is 30.9 Å². The fourth-order valence-electron chi connectivity index (χ4n) is 4.87. The van der Waals surface area contributed by atoms with Crippen LogP contribution in [-0.4, -0.2) is 67.3 Å². The molecule has 2 saturated heterocycles. The smallest absolute Gasteiger partial charge is 0.257 e. The predicted molar refractivity (Wildman–Crippen MR) is 125 cm³/mol. The van der Waals surface area contributed by atoms with Gasteiger partial charge in [-0.15, -0.1) is 0 Å². The number of nitrogens with zero attached hydrogens (tertiary/aromatic N) is 3. The summed E-state index contributed by atoms with van der Waals surface area (Å²) >= 11 is 6.54. The Bertz CT molecular complexity index is 1040. The molecule has 0 saturated carbocycles. The molecule has 174 valence electrons. The summed E-state index contributed by atoms with van der Waals surface area (Å²) in [6, 6.07) is 15.1. The molecule has 0 radical (unpaired) electrons. The Morgan fingerprint density at radius 1 is 1.12 bits per heavy atom. The number of methoxy groups -OCH3 is 1. The molecule has 3 heterocycles. The monoisotopic (exact) mass is 469 g/mol. The summed E-state index contributed by atoms with van der Waals surface area (Å²) in [5, 5.41) is 7.03. The van der Waals surface area contributed by atoms with Gasteiger partial charge in [-0.1, -0.05) is 41.9 Å². The fourth-order valence-corrected chi connectivity index (χ4v) is 5.14. The largest absolute Gasteiger partial charge is 0.496 e. The normalized spacial score (nSPS) is 22.5. The second-order valence-corrected chi connectivity index (χ2v) is 9.02. The lowest BCUT2D eigenvalue weighted by atomic mass is 9.97. The first-order chi connectivity index (χ1) is 16.1. The molecule has 2 fully saturated rings. The van der Waals surface area contributed by atoms with E-state index in [2.05, 4.69) is 4.90 Å². The Kier molecular flexibility index (Phi) is 6.38. The number of benzene rings is 2. The van der Waals surface area contributed by atoms with E-state index in [9.17, 15) is 4.79 Å². The Morgan fingerprint density at radius 3 is 2.55 bits per heavy atom. The van der Waals surface area contributed by atoms with Crippen molar-refractivity contribution in [2.45, 2.75) is 31.1 Å². The molecule has 7 nitrogen and oxygen atoms in total. The van der Waals surface area contributed by atoms with Crippen LogP contribution in [0.25, 0.3) is 0 Å². The van der Waals surface area contributed by atoms with Gasteiger partial charge >= 0.3 is 0 Å². The van der Waals surface area contributed by atoms with Gasteiger partial charge < -0.3 is 14.2 Å². The van der Waals surface area contributed by atoms with Crippen molar-refractivity contribution < 1.29 is 19.0 Å². The number of halogens is 1. The number of piperidine rings is 1. The van der Waals surface area contributed by atoms with Crippen molar-refractivity contribution >= 4 is 23.2 Å². The van der Waals surface area contributed by atoms with Crippen molar-refractivity contribution in [3.05, 3.63) is 64.7 Å². The average Bonchev–Trinajstić information content (AvgIpc) is 3.49. The van der Waals surface area contributed by atoms with Crippen LogP contribution in [-0.2, 0) is 14.3 Å². The zero-order valence-corrected chi connectivity index (χ0v) is 19.5. The van der Waals surface area contributed by atoms with Gasteiger partial charge in [0.15, 0.2) is 5.79 Å². The van der Waals surface area contributed by atoms with Gasteiger partial charge in [-0.25, -0.2) is 5.01 Å². The topological polar surface area (TPSA) is 63.6 Å². The van der Waals surface area contributed by atoms with Crippen LogP contribution in [0, 0.1) is 0 Å². The number of hydrogen-bond donors (Lipinski definition) is 0. The molecule has 0 N–H and O–H groups in total. The van der Waals surface area contributed by atoms with Crippen LogP contribution in [0.2, 0.25) is 5.02 Å². The minimum atomic E-state index is -0.456. The summed E-state index contributed by atoms with van der Waals surface area (Å²) in [7, 11) is 1.64. The van der Waals surface area contributed by atoms with E-state index in [1.807, 2.05) is 48.5 Å². The fraction of sp³-hybridized carbons (Fsp3) is 0.440. The lowest BCUT2D eigenvalue weighted by molar-refractivity contribution is -0.186. The summed E-state index contributed by atoms with van der Waals surface area (Å²) in [5.41, 5.74) is 2.60. The highest BCUT2D eigenvalue weighted by atomic mass is 35.5. The van der Waals surface area contributed by atoms with E-state index in [0.29, 0.717) is 31.2 Å². The van der Waals surface area contributed by atoms with Gasteiger partial charge in [0, 0.05) is 42.9 Å². The number of ether oxygens (including phenoxy) is 3. The van der Waals surface area contributed by atoms with Crippen molar-refractivity contribution in [2.75, 3.05) is 40.0 Å². The van der Waals surface area contributed by atoms with Gasteiger partial charge in [0.2, 0.25) is 0 Å². The highest BCUT2D eigenvalue weighted by Gasteiger charge is 2.41. The first-order valence-electron chi connectivity index (χ1n) is 11.4. The van der Waals surface area contributed by atoms with Crippen LogP contribution in [0.1, 0.15) is 36.4 Å². The lowest BCUT2D eigenvalue weighted by Gasteiger charge is -2.37. The third-order valence-electron chi connectivity index (χ3n) is 6.64. The molecular formula is C25H28ClN3O4. The first kappa shape index (κ1) is 22.3. The van der Waals surface area contributed by atoms with Crippen LogP contribution in [0.4, 0.5) is 0 Å². The molecule has 1 amide bonds. The second-order valence-electron chi connectivity index (χ2n) is 8.61. The lowest BCUT2D eigenvalue weighted by Crippen LogP contribution is -2.48. The number of hydrogen-bond acceptors (Lipinski definition) is 6. The summed E-state index contributed by atoms with van der Waals surface area (Å²) in [6.45, 7) is 3.08. The summed E-state index contributed by atoms with van der Waals surface area (Å²) < 4.78 is 17.2. The number of carbonyl (C=O) groups excluding carboxylic acids is 1. The number of carbonyl (C=O) groups is 1. The summed E-state index contributed by atoms with van der Waals surface area (Å²) in [4.78, 5) is 15.6. The summed E-state index contributed by atoms with van der Waals surface area (Å²) in [6.07, 6.45) is 2.11. The zero-order valence-electron chi connectivity index (χ0n) is 18.7. The molecule has 2 aromatic carbocycles. The molecule has 3 aliphatic rings. The highest BCUT2D eigenvalue weighted by Crippen LogP contribution is 2.38. The number of hydrazone groups is 1. The van der Waals surface area contributed by atoms with Crippen LogP contribution in [0.3, 0.4) is 0 Å². The van der Waals surface area contributed by atoms with Crippen molar-refractivity contribution in [1.29, 1.82) is 0 Å². The second kappa shape index (κ2) is 9.43. The molecule has 0 aliphatic carbocycles. The maximum Gasteiger partial charge on any atom is 0.257 e. The molecule has 1 spiro atoms. The molecule has 1 unspecified atom stereocenters. The van der Waals surface area contributed by atoms with Gasteiger partial charge in [-0.05, 0) is 23.8 Å². The van der Waals surface area contributed by atoms with Crippen molar-refractivity contribution in [2.24, 2.45) is 5.10 Å². The third kappa shape index (κ3) is 4.51. The number of rotatable bonds is 5. The molecule has 0 aromatic heterocycles. The van der Waals surface area contributed by atoms with E-state index < -0.39 is 5.79 Å². The minimum Gasteiger partial charge on any atom is -0.496 e. The quantitative estimate of drug-likeness (QED) is 0.665. The molecule has 2 aromatic rings. The van der Waals surface area contributed by atoms with Gasteiger partial charge in [0.05, 0.1) is 38.6 Å². The van der Waals surface area contributed by atoms with E-state index in [0.717, 1.165) is 48.5 Å². The van der Waals surface area contributed by atoms with E-state index in [-0.39, 0.29) is 11.9 Å². The number of amides is 1. The minimum absolute atomic E-state index is 0.0472. The van der Waals surface area contributed by atoms with Crippen LogP contribution < -0.4 is 4.74 Å². The SMILES string of the molecule is COc1ccccc1C1=NN(C(=O)CN2CCC3(CC2)OCCO3)C(c2ccccc2Cl)C1. The Hall–Kier alpha value is -2.45. The standard InChI is InChI=1S/C25H28ClN3O4/c1-31-23-9-5-3-7-19(23)21-16-22(18-6-2-4-8-20(18)26)29(27-21)24(30)17-28-12-10-25(11-13-28)32-14-15-33-25/h2-9,22H,10-17H2,1H3. The van der Waals surface area contributed by atoms with Crippen LogP contribution >= 0.6 is 11.6 Å². The molecule has 3 aliphatic heterocycles. The first-order valence-corrected chi connectivity index (χ1v) is 11.7. The van der Waals surface area contributed by atoms with Gasteiger partial charge in [-0.3, -0.25) is 9.69 Å². The Labute approximate surface area is 198 Å². The van der Waals surface area contributed by atoms with E-state index in [1.165, 1.54) is 0 Å². The van der Waals surface area contributed by atoms with Crippen molar-refractivity contribution in [3.8, 4) is 5.75 Å². The predicted octanol–water partition coefficient (Wildman–Crippen LogP) is 3.87. The maximum atomic E-state index is 13.5.